The first-order valence-electron chi connectivity index (χ1n) is 9.98. The normalized spacial score (nSPS) is 17.5. The number of nitrogens with zero attached hydrogens (tertiary/aromatic N) is 2. The number of nitrogens with two attached hydrogens (primary N) is 1. The number of hydrogen-bond donors (Lipinski definition) is 1. The van der Waals surface area contributed by atoms with Crippen LogP contribution < -0.4 is 5.14 Å². The third-order valence-electron chi connectivity index (χ3n) is 5.84. The molecule has 0 spiro atoms. The number of likely N-dealkylation sites (N-methyl/N-ethyl adjacent to an activating group) is 1. The highest BCUT2D eigenvalue weighted by molar-refractivity contribution is 7.89. The summed E-state index contributed by atoms with van der Waals surface area (Å²) in [5.41, 5.74) is 2.16. The van der Waals surface area contributed by atoms with Crippen LogP contribution in [0.3, 0.4) is 0 Å². The van der Waals surface area contributed by atoms with Crippen molar-refractivity contribution in [2.45, 2.75) is 30.3 Å². The van der Waals surface area contributed by atoms with Crippen molar-refractivity contribution >= 4 is 38.6 Å². The van der Waals surface area contributed by atoms with Crippen LogP contribution in [-0.2, 0) is 21.2 Å². The van der Waals surface area contributed by atoms with Gasteiger partial charge in [-0.1, -0.05) is 18.2 Å². The topological polar surface area (TPSA) is 83.7 Å². The minimum atomic E-state index is -3.72. The van der Waals surface area contributed by atoms with Crippen molar-refractivity contribution in [3.8, 4) is 0 Å². The van der Waals surface area contributed by atoms with Gasteiger partial charge in [0.05, 0.1) is 17.5 Å². The summed E-state index contributed by atoms with van der Waals surface area (Å²) in [5, 5.41) is 9.35. The second-order valence-electron chi connectivity index (χ2n) is 7.76. The monoisotopic (exact) mass is 475 g/mol. The third-order valence-corrected chi connectivity index (χ3v) is 8.69. The van der Waals surface area contributed by atoms with E-state index in [2.05, 4.69) is 22.9 Å². The Morgan fingerprint density at radius 3 is 2.58 bits per heavy atom. The van der Waals surface area contributed by atoms with E-state index >= 15 is 0 Å². The molecule has 6 nitrogen and oxygen atoms in total. The number of carbonyl (C=O) groups is 1. The van der Waals surface area contributed by atoms with Gasteiger partial charge in [0.25, 0.3) is 0 Å². The molecule has 2 atom stereocenters. The second kappa shape index (κ2) is 8.84. The van der Waals surface area contributed by atoms with Gasteiger partial charge in [0.15, 0.2) is 0 Å². The minimum absolute atomic E-state index is 0.0275. The van der Waals surface area contributed by atoms with E-state index in [1.54, 1.807) is 34.8 Å². The van der Waals surface area contributed by atoms with Gasteiger partial charge in [0.1, 0.15) is 0 Å². The molecular weight excluding hydrogens is 450 g/mol. The number of benzene rings is 1. The predicted molar refractivity (Wildman–Crippen MR) is 125 cm³/mol. The van der Waals surface area contributed by atoms with Crippen LogP contribution >= 0.6 is 22.7 Å². The minimum Gasteiger partial charge on any atom is -0.329 e. The summed E-state index contributed by atoms with van der Waals surface area (Å²) in [4.78, 5) is 20.0. The van der Waals surface area contributed by atoms with Crippen LogP contribution in [0.1, 0.15) is 39.9 Å². The molecule has 0 radical (unpaired) electrons. The molecule has 1 amide bonds. The maximum atomic E-state index is 13.4. The quantitative estimate of drug-likeness (QED) is 0.590. The van der Waals surface area contributed by atoms with Crippen LogP contribution in [0.15, 0.2) is 58.1 Å². The van der Waals surface area contributed by atoms with Crippen LogP contribution in [0.25, 0.3) is 0 Å². The van der Waals surface area contributed by atoms with E-state index in [1.807, 2.05) is 29.8 Å². The van der Waals surface area contributed by atoms with Gasteiger partial charge < -0.3 is 4.90 Å². The fraction of sp³-hybridized carbons (Fsp3) is 0.318. The second-order valence-corrected chi connectivity index (χ2v) is 11.3. The van der Waals surface area contributed by atoms with Crippen LogP contribution in [0.4, 0.5) is 0 Å². The van der Waals surface area contributed by atoms with Gasteiger partial charge >= 0.3 is 0 Å². The average molecular weight is 476 g/mol. The van der Waals surface area contributed by atoms with Gasteiger partial charge in [-0.3, -0.25) is 9.69 Å². The van der Waals surface area contributed by atoms with E-state index in [4.69, 9.17) is 5.14 Å². The molecule has 3 heterocycles. The molecule has 0 aliphatic carbocycles. The fourth-order valence-corrected chi connectivity index (χ4v) is 6.24. The molecule has 164 valence electrons. The zero-order chi connectivity index (χ0) is 22.2. The molecule has 0 fully saturated rings. The maximum absolute atomic E-state index is 13.4. The van der Waals surface area contributed by atoms with Gasteiger partial charge in [-0.2, -0.15) is 0 Å². The largest absolute Gasteiger partial charge is 0.329 e. The number of amides is 1. The number of rotatable bonds is 6. The van der Waals surface area contributed by atoms with Crippen molar-refractivity contribution in [3.63, 3.8) is 0 Å². The average Bonchev–Trinajstić information content (AvgIpc) is 3.43. The Bertz CT molecular complexity index is 1150. The summed E-state index contributed by atoms with van der Waals surface area (Å²) in [6.45, 7) is 2.99. The Labute approximate surface area is 191 Å². The predicted octanol–water partition coefficient (Wildman–Crippen LogP) is 3.62. The molecule has 4 rings (SSSR count). The first-order valence-corrected chi connectivity index (χ1v) is 13.3. The molecule has 0 saturated heterocycles. The Kier molecular flexibility index (Phi) is 6.32. The molecule has 1 aliphatic heterocycles. The number of hydrogen-bond acceptors (Lipinski definition) is 6. The van der Waals surface area contributed by atoms with E-state index in [-0.39, 0.29) is 29.4 Å². The van der Waals surface area contributed by atoms with Crippen LogP contribution in [-0.4, -0.2) is 44.3 Å². The zero-order valence-corrected chi connectivity index (χ0v) is 19.8. The molecule has 0 bridgehead atoms. The summed E-state index contributed by atoms with van der Waals surface area (Å²) < 4.78 is 23.0. The highest BCUT2D eigenvalue weighted by Crippen LogP contribution is 2.39. The number of carbonyl (C=O) groups excluding carboxylic acids is 1. The summed E-state index contributed by atoms with van der Waals surface area (Å²) >= 11 is 3.44. The molecule has 1 aliphatic rings. The third kappa shape index (κ3) is 4.61. The van der Waals surface area contributed by atoms with Crippen molar-refractivity contribution < 1.29 is 13.2 Å². The van der Waals surface area contributed by atoms with Gasteiger partial charge in [-0.05, 0) is 66.5 Å². The molecule has 3 aromatic rings. The lowest BCUT2D eigenvalue weighted by atomic mass is 9.98. The molecule has 31 heavy (non-hydrogen) atoms. The van der Waals surface area contributed by atoms with E-state index < -0.39 is 10.0 Å². The molecule has 0 unspecified atom stereocenters. The van der Waals surface area contributed by atoms with Crippen molar-refractivity contribution in [3.05, 3.63) is 74.1 Å². The zero-order valence-electron chi connectivity index (χ0n) is 17.4. The Hall–Kier alpha value is -2.04. The number of sulfonamides is 1. The highest BCUT2D eigenvalue weighted by atomic mass is 32.2. The van der Waals surface area contributed by atoms with E-state index in [9.17, 15) is 13.2 Å². The maximum Gasteiger partial charge on any atom is 0.238 e. The summed E-state index contributed by atoms with van der Waals surface area (Å²) in [5.74, 6) is 0.0887. The van der Waals surface area contributed by atoms with E-state index in [0.717, 1.165) is 12.0 Å². The summed E-state index contributed by atoms with van der Waals surface area (Å²) in [6.07, 6.45) is 0.884. The van der Waals surface area contributed by atoms with E-state index in [0.29, 0.717) is 6.54 Å². The van der Waals surface area contributed by atoms with Gasteiger partial charge in [0.2, 0.25) is 15.9 Å². The molecule has 2 aromatic heterocycles. The lowest BCUT2D eigenvalue weighted by molar-refractivity contribution is -0.134. The molecule has 9 heteroatoms. The van der Waals surface area contributed by atoms with Crippen LogP contribution in [0.2, 0.25) is 0 Å². The molecule has 2 N–H and O–H groups in total. The van der Waals surface area contributed by atoms with Crippen LogP contribution in [0, 0.1) is 0 Å². The molecule has 0 saturated carbocycles. The summed E-state index contributed by atoms with van der Waals surface area (Å²) in [7, 11) is -1.81. The van der Waals surface area contributed by atoms with Crippen LogP contribution in [0.5, 0.6) is 0 Å². The standard InChI is InChI=1S/C22H25N3O3S3/c1-15(16-5-7-17(8-6-16)31(23,27)28)24(2)14-21(26)25-11-9-19-18(10-13-30-19)22(25)20-4-3-12-29-20/h3-8,10,12-13,15,22H,9,11,14H2,1-2H3,(H2,23,27,28)/t15-,22-/m0/s1. The number of thiophene rings is 2. The molecular formula is C22H25N3O3S3. The van der Waals surface area contributed by atoms with Gasteiger partial charge in [0, 0.05) is 22.3 Å². The Morgan fingerprint density at radius 1 is 1.19 bits per heavy atom. The Balaban J connectivity index is 1.50. The molecule has 1 aromatic carbocycles. The van der Waals surface area contributed by atoms with Crippen molar-refractivity contribution in [2.75, 3.05) is 20.1 Å². The SMILES string of the molecule is C[C@@H](c1ccc(S(N)(=O)=O)cc1)N(C)CC(=O)N1CCc2sccc2[C@H]1c1cccs1. The fourth-order valence-electron chi connectivity index (χ4n) is 3.97. The first-order chi connectivity index (χ1) is 14.8. The smallest absolute Gasteiger partial charge is 0.238 e. The van der Waals surface area contributed by atoms with Crippen molar-refractivity contribution in [1.82, 2.24) is 9.80 Å². The summed E-state index contributed by atoms with van der Waals surface area (Å²) in [6, 6.07) is 12.7. The first kappa shape index (κ1) is 22.2. The number of primary sulfonamides is 1. The van der Waals surface area contributed by atoms with Gasteiger partial charge in [-0.15, -0.1) is 22.7 Å². The Morgan fingerprint density at radius 2 is 1.94 bits per heavy atom. The number of fused-ring (bicyclic) bond motifs is 1. The van der Waals surface area contributed by atoms with Gasteiger partial charge in [-0.25, -0.2) is 13.6 Å². The lowest BCUT2D eigenvalue weighted by Gasteiger charge is -2.37. The highest BCUT2D eigenvalue weighted by Gasteiger charge is 2.34. The van der Waals surface area contributed by atoms with Crippen molar-refractivity contribution in [1.29, 1.82) is 0 Å². The van der Waals surface area contributed by atoms with E-state index in [1.165, 1.54) is 27.5 Å². The lowest BCUT2D eigenvalue weighted by Crippen LogP contribution is -2.44. The van der Waals surface area contributed by atoms with Crippen molar-refractivity contribution in [2.24, 2.45) is 5.14 Å².